The molecule has 3 heteroatoms. The summed E-state index contributed by atoms with van der Waals surface area (Å²) in [5, 5.41) is 0. The van der Waals surface area contributed by atoms with Crippen molar-refractivity contribution in [2.75, 3.05) is 0 Å². The van der Waals surface area contributed by atoms with E-state index in [2.05, 4.69) is 6.07 Å². The van der Waals surface area contributed by atoms with E-state index in [1.54, 1.807) is 24.3 Å². The zero-order chi connectivity index (χ0) is 8.27. The molecule has 0 aliphatic carbocycles. The van der Waals surface area contributed by atoms with E-state index >= 15 is 0 Å². The monoisotopic (exact) mass is 187 g/mol. The van der Waals surface area contributed by atoms with Crippen molar-refractivity contribution < 1.29 is 4.79 Å². The number of hydrogen-bond acceptors (Lipinski definition) is 1. The van der Waals surface area contributed by atoms with Gasteiger partial charge in [-0.2, -0.15) is 0 Å². The van der Waals surface area contributed by atoms with Crippen molar-refractivity contribution in [3.8, 4) is 0 Å². The quantitative estimate of drug-likeness (QED) is 0.514. The number of alkyl halides is 2. The maximum absolute atomic E-state index is 11.0. The molecule has 0 heterocycles. The highest BCUT2D eigenvalue weighted by molar-refractivity contribution is 6.55. The highest BCUT2D eigenvalue weighted by atomic mass is 35.5. The standard InChI is InChI=1S/C8H5Cl2O/c9-8(10)7(11)6-4-2-1-3-5-6/h1-4,8H. The molecule has 1 radical (unpaired) electrons. The van der Waals surface area contributed by atoms with Crippen LogP contribution in [0.4, 0.5) is 0 Å². The smallest absolute Gasteiger partial charge is 0.196 e. The van der Waals surface area contributed by atoms with Crippen LogP contribution in [0.25, 0.3) is 0 Å². The fraction of sp³-hybridized carbons (Fsp3) is 0.125. The Morgan fingerprint density at radius 2 is 2.18 bits per heavy atom. The molecule has 0 amide bonds. The summed E-state index contributed by atoms with van der Waals surface area (Å²) in [6.45, 7) is 0. The van der Waals surface area contributed by atoms with E-state index in [1.807, 2.05) is 0 Å². The van der Waals surface area contributed by atoms with E-state index < -0.39 is 4.84 Å². The van der Waals surface area contributed by atoms with Gasteiger partial charge >= 0.3 is 0 Å². The number of hydrogen-bond donors (Lipinski definition) is 0. The Kier molecular flexibility index (Phi) is 2.92. The molecule has 0 unspecified atom stereocenters. The van der Waals surface area contributed by atoms with E-state index in [4.69, 9.17) is 23.2 Å². The van der Waals surface area contributed by atoms with E-state index in [0.29, 0.717) is 5.56 Å². The third-order valence-corrected chi connectivity index (χ3v) is 1.57. The van der Waals surface area contributed by atoms with Crippen LogP contribution in [-0.2, 0) is 0 Å². The van der Waals surface area contributed by atoms with Gasteiger partial charge in [-0.1, -0.05) is 47.5 Å². The van der Waals surface area contributed by atoms with Crippen LogP contribution in [-0.4, -0.2) is 10.6 Å². The number of ketones is 1. The number of halogens is 2. The minimum atomic E-state index is -0.992. The summed E-state index contributed by atoms with van der Waals surface area (Å²) in [7, 11) is 0. The second-order valence-corrected chi connectivity index (χ2v) is 3.04. The fourth-order valence-electron chi connectivity index (χ4n) is 0.664. The average molecular weight is 188 g/mol. The van der Waals surface area contributed by atoms with Crippen LogP contribution >= 0.6 is 23.2 Å². The summed E-state index contributed by atoms with van der Waals surface area (Å²) in [5.74, 6) is -0.311. The molecule has 0 fully saturated rings. The number of Topliss-reactive ketones (excluding diaryl/α,β-unsaturated/α-hetero) is 1. The van der Waals surface area contributed by atoms with E-state index in [-0.39, 0.29) is 5.78 Å². The Hall–Kier alpha value is -0.530. The van der Waals surface area contributed by atoms with Gasteiger partial charge in [-0.05, 0) is 6.07 Å². The predicted octanol–water partition coefficient (Wildman–Crippen LogP) is 2.47. The number of benzene rings is 1. The molecule has 0 saturated heterocycles. The lowest BCUT2D eigenvalue weighted by Crippen LogP contribution is -2.07. The molecule has 1 nitrogen and oxygen atoms in total. The van der Waals surface area contributed by atoms with Gasteiger partial charge in [-0.25, -0.2) is 0 Å². The minimum Gasteiger partial charge on any atom is -0.291 e. The van der Waals surface area contributed by atoms with E-state index in [1.165, 1.54) is 0 Å². The van der Waals surface area contributed by atoms with Crippen LogP contribution in [0.1, 0.15) is 10.4 Å². The van der Waals surface area contributed by atoms with Crippen molar-refractivity contribution in [2.24, 2.45) is 0 Å². The van der Waals surface area contributed by atoms with Gasteiger partial charge in [0.1, 0.15) is 0 Å². The summed E-state index contributed by atoms with van der Waals surface area (Å²) in [6.07, 6.45) is 0. The van der Waals surface area contributed by atoms with E-state index in [0.717, 1.165) is 0 Å². The van der Waals surface area contributed by atoms with Gasteiger partial charge < -0.3 is 0 Å². The van der Waals surface area contributed by atoms with Gasteiger partial charge in [-0.15, -0.1) is 0 Å². The lowest BCUT2D eigenvalue weighted by molar-refractivity contribution is 0.101. The SMILES string of the molecule is O=C(c1[c]cccc1)C(Cl)Cl. The minimum absolute atomic E-state index is 0.311. The second-order valence-electron chi connectivity index (χ2n) is 1.94. The van der Waals surface area contributed by atoms with Gasteiger partial charge in [0.15, 0.2) is 10.6 Å². The van der Waals surface area contributed by atoms with Gasteiger partial charge in [0.25, 0.3) is 0 Å². The van der Waals surface area contributed by atoms with Gasteiger partial charge in [0.05, 0.1) is 0 Å². The molecular formula is C8H5Cl2O. The van der Waals surface area contributed by atoms with Crippen LogP contribution in [0.3, 0.4) is 0 Å². The first-order chi connectivity index (χ1) is 5.22. The van der Waals surface area contributed by atoms with Crippen molar-refractivity contribution in [2.45, 2.75) is 4.84 Å². The molecule has 0 saturated carbocycles. The summed E-state index contributed by atoms with van der Waals surface area (Å²) < 4.78 is 0. The molecule has 0 spiro atoms. The molecule has 57 valence electrons. The van der Waals surface area contributed by atoms with Gasteiger partial charge in [0, 0.05) is 5.56 Å². The molecule has 0 aromatic heterocycles. The second kappa shape index (κ2) is 3.74. The zero-order valence-electron chi connectivity index (χ0n) is 5.55. The van der Waals surface area contributed by atoms with Crippen LogP contribution in [0.2, 0.25) is 0 Å². The first kappa shape index (κ1) is 8.57. The highest BCUT2D eigenvalue weighted by Crippen LogP contribution is 2.10. The van der Waals surface area contributed by atoms with Crippen molar-refractivity contribution in [3.05, 3.63) is 35.9 Å². The average Bonchev–Trinajstić information content (AvgIpc) is 2.05. The maximum Gasteiger partial charge on any atom is 0.196 e. The lowest BCUT2D eigenvalue weighted by Gasteiger charge is -1.97. The summed E-state index contributed by atoms with van der Waals surface area (Å²) in [6, 6.07) is 9.51. The van der Waals surface area contributed by atoms with Crippen molar-refractivity contribution >= 4 is 29.0 Å². The van der Waals surface area contributed by atoms with Crippen molar-refractivity contribution in [1.29, 1.82) is 0 Å². The molecular weight excluding hydrogens is 183 g/mol. The Bertz CT molecular complexity index is 244. The summed E-state index contributed by atoms with van der Waals surface area (Å²) >= 11 is 10.7. The summed E-state index contributed by atoms with van der Waals surface area (Å²) in [4.78, 5) is 10.1. The predicted molar refractivity (Wildman–Crippen MR) is 45.1 cm³/mol. The van der Waals surface area contributed by atoms with Crippen LogP contribution in [0, 0.1) is 6.07 Å². The molecule has 11 heavy (non-hydrogen) atoms. The summed E-state index contributed by atoms with van der Waals surface area (Å²) in [5.41, 5.74) is 0.419. The third-order valence-electron chi connectivity index (χ3n) is 1.17. The molecule has 1 rings (SSSR count). The normalized spacial score (nSPS) is 10.1. The maximum atomic E-state index is 11.0. The Morgan fingerprint density at radius 3 is 2.64 bits per heavy atom. The first-order valence-electron chi connectivity index (χ1n) is 3.01. The van der Waals surface area contributed by atoms with Gasteiger partial charge in [0.2, 0.25) is 0 Å². The van der Waals surface area contributed by atoms with Gasteiger partial charge in [-0.3, -0.25) is 4.79 Å². The fourth-order valence-corrected chi connectivity index (χ4v) is 0.899. The number of carbonyl (C=O) groups excluding carboxylic acids is 1. The molecule has 0 aliphatic heterocycles. The highest BCUT2D eigenvalue weighted by Gasteiger charge is 2.12. The number of carbonyl (C=O) groups is 1. The van der Waals surface area contributed by atoms with Crippen molar-refractivity contribution in [3.63, 3.8) is 0 Å². The Balaban J connectivity index is 2.86. The third kappa shape index (κ3) is 2.21. The molecule has 0 atom stereocenters. The zero-order valence-corrected chi connectivity index (χ0v) is 7.06. The molecule has 0 N–H and O–H groups in total. The topological polar surface area (TPSA) is 17.1 Å². The molecule has 0 aliphatic rings. The first-order valence-corrected chi connectivity index (χ1v) is 3.88. The molecule has 1 aromatic rings. The van der Waals surface area contributed by atoms with Crippen LogP contribution in [0.5, 0.6) is 0 Å². The lowest BCUT2D eigenvalue weighted by atomic mass is 10.1. The van der Waals surface area contributed by atoms with Crippen LogP contribution in [0.15, 0.2) is 24.3 Å². The Morgan fingerprint density at radius 1 is 1.45 bits per heavy atom. The molecule has 1 aromatic carbocycles. The number of rotatable bonds is 2. The Labute approximate surface area is 74.9 Å². The van der Waals surface area contributed by atoms with E-state index in [9.17, 15) is 4.79 Å². The van der Waals surface area contributed by atoms with Crippen LogP contribution < -0.4 is 0 Å². The van der Waals surface area contributed by atoms with Crippen molar-refractivity contribution in [1.82, 2.24) is 0 Å². The molecule has 0 bridgehead atoms. The largest absolute Gasteiger partial charge is 0.291 e.